The van der Waals surface area contributed by atoms with Gasteiger partial charge in [-0.3, -0.25) is 9.48 Å². The van der Waals surface area contributed by atoms with E-state index in [1.807, 2.05) is 30.3 Å². The van der Waals surface area contributed by atoms with Gasteiger partial charge in [-0.2, -0.15) is 5.10 Å². The monoisotopic (exact) mass is 389 g/mol. The van der Waals surface area contributed by atoms with E-state index in [0.717, 1.165) is 5.69 Å². The predicted molar refractivity (Wildman–Crippen MR) is 93.2 cm³/mol. The summed E-state index contributed by atoms with van der Waals surface area (Å²) in [4.78, 5) is 12.2. The molecule has 0 aliphatic heterocycles. The second-order valence-electron chi connectivity index (χ2n) is 5.19. The van der Waals surface area contributed by atoms with Gasteiger partial charge in [-0.05, 0) is 35.0 Å². The zero-order valence-corrected chi connectivity index (χ0v) is 14.8. The van der Waals surface area contributed by atoms with Crippen LogP contribution in [0.5, 0.6) is 5.88 Å². The molecule has 124 valence electrons. The highest BCUT2D eigenvalue weighted by molar-refractivity contribution is 9.10. The minimum absolute atomic E-state index is 0.296. The van der Waals surface area contributed by atoms with Crippen molar-refractivity contribution < 1.29 is 9.53 Å². The summed E-state index contributed by atoms with van der Waals surface area (Å²) < 4.78 is 9.63. The van der Waals surface area contributed by atoms with Gasteiger partial charge in [0.05, 0.1) is 10.2 Å². The van der Waals surface area contributed by atoms with Gasteiger partial charge in [-0.1, -0.05) is 18.2 Å². The Hall–Kier alpha value is -2.61. The number of nitrogens with zero attached hydrogens (tertiary/aromatic N) is 4. The summed E-state index contributed by atoms with van der Waals surface area (Å²) in [5.74, 6) is 0.532. The maximum absolute atomic E-state index is 12.2. The zero-order valence-electron chi connectivity index (χ0n) is 13.2. The molecular formula is C16H16BrN5O2. The molecule has 1 atom stereocenters. The Morgan fingerprint density at radius 3 is 2.67 bits per heavy atom. The van der Waals surface area contributed by atoms with Gasteiger partial charge < -0.3 is 10.1 Å². The summed E-state index contributed by atoms with van der Waals surface area (Å²) in [6.45, 7) is 1.66. The topological polar surface area (TPSA) is 74.0 Å². The van der Waals surface area contributed by atoms with E-state index >= 15 is 0 Å². The van der Waals surface area contributed by atoms with Crippen molar-refractivity contribution in [1.29, 1.82) is 0 Å². The standard InChI is InChI=1S/C16H16BrN5O2/c1-11(15(23)18-14-8-9-21(2)19-14)24-16-13(17)10-22(20-16)12-6-4-3-5-7-12/h3-11H,1-2H3,(H,18,19,23)/t11-/m0/s1. The fourth-order valence-electron chi connectivity index (χ4n) is 2.06. The molecule has 7 nitrogen and oxygen atoms in total. The van der Waals surface area contributed by atoms with Crippen LogP contribution in [0.1, 0.15) is 6.92 Å². The summed E-state index contributed by atoms with van der Waals surface area (Å²) in [7, 11) is 1.78. The molecule has 0 fully saturated rings. The van der Waals surface area contributed by atoms with Crippen molar-refractivity contribution in [2.24, 2.45) is 7.05 Å². The number of ether oxygens (including phenoxy) is 1. The van der Waals surface area contributed by atoms with Crippen LogP contribution < -0.4 is 10.1 Å². The molecular weight excluding hydrogens is 374 g/mol. The number of hydrogen-bond donors (Lipinski definition) is 1. The summed E-state index contributed by atoms with van der Waals surface area (Å²) in [6, 6.07) is 11.4. The molecule has 1 aromatic carbocycles. The van der Waals surface area contributed by atoms with Crippen LogP contribution in [0.25, 0.3) is 5.69 Å². The van der Waals surface area contributed by atoms with Crippen LogP contribution in [0.15, 0.2) is 53.3 Å². The lowest BCUT2D eigenvalue weighted by atomic mass is 10.3. The average molecular weight is 390 g/mol. The number of rotatable bonds is 5. The number of carbonyl (C=O) groups excluding carboxylic acids is 1. The molecule has 0 saturated carbocycles. The van der Waals surface area contributed by atoms with Crippen LogP contribution >= 0.6 is 15.9 Å². The van der Waals surface area contributed by atoms with E-state index in [1.54, 1.807) is 41.8 Å². The molecule has 8 heteroatoms. The van der Waals surface area contributed by atoms with Crippen LogP contribution in [0.3, 0.4) is 0 Å². The average Bonchev–Trinajstić information content (AvgIpc) is 3.14. The van der Waals surface area contributed by atoms with E-state index < -0.39 is 6.10 Å². The maximum Gasteiger partial charge on any atom is 0.266 e. The Morgan fingerprint density at radius 1 is 1.25 bits per heavy atom. The number of aryl methyl sites for hydroxylation is 1. The number of carbonyl (C=O) groups is 1. The fraction of sp³-hybridized carbons (Fsp3) is 0.188. The number of para-hydroxylation sites is 1. The Labute approximate surface area is 147 Å². The molecule has 0 aliphatic carbocycles. The molecule has 0 bridgehead atoms. The van der Waals surface area contributed by atoms with Crippen LogP contribution in [0, 0.1) is 0 Å². The minimum atomic E-state index is -0.720. The van der Waals surface area contributed by atoms with Crippen molar-refractivity contribution in [1.82, 2.24) is 19.6 Å². The molecule has 0 aliphatic rings. The third kappa shape index (κ3) is 3.65. The molecule has 1 amide bonds. The quantitative estimate of drug-likeness (QED) is 0.727. The zero-order chi connectivity index (χ0) is 17.1. The molecule has 0 unspecified atom stereocenters. The van der Waals surface area contributed by atoms with Crippen LogP contribution in [-0.4, -0.2) is 31.6 Å². The van der Waals surface area contributed by atoms with Crippen molar-refractivity contribution in [2.75, 3.05) is 5.32 Å². The van der Waals surface area contributed by atoms with E-state index in [-0.39, 0.29) is 5.91 Å². The summed E-state index contributed by atoms with van der Waals surface area (Å²) in [5.41, 5.74) is 0.902. The summed E-state index contributed by atoms with van der Waals surface area (Å²) in [6.07, 6.45) is 2.82. The maximum atomic E-state index is 12.2. The molecule has 24 heavy (non-hydrogen) atoms. The number of benzene rings is 1. The number of amides is 1. The highest BCUT2D eigenvalue weighted by Gasteiger charge is 2.19. The van der Waals surface area contributed by atoms with Crippen molar-refractivity contribution in [3.8, 4) is 11.6 Å². The summed E-state index contributed by atoms with van der Waals surface area (Å²) >= 11 is 3.41. The molecule has 0 saturated heterocycles. The SMILES string of the molecule is C[C@H](Oc1nn(-c2ccccc2)cc1Br)C(=O)Nc1ccn(C)n1. The minimum Gasteiger partial charge on any atom is -0.463 e. The van der Waals surface area contributed by atoms with Crippen LogP contribution in [0.2, 0.25) is 0 Å². The number of hydrogen-bond acceptors (Lipinski definition) is 4. The molecule has 1 N–H and O–H groups in total. The van der Waals surface area contributed by atoms with Crippen molar-refractivity contribution in [2.45, 2.75) is 13.0 Å². The van der Waals surface area contributed by atoms with Gasteiger partial charge in [0.25, 0.3) is 5.91 Å². The third-order valence-electron chi connectivity index (χ3n) is 3.28. The lowest BCUT2D eigenvalue weighted by molar-refractivity contribution is -0.122. The number of aromatic nitrogens is 4. The Balaban J connectivity index is 1.69. The second-order valence-corrected chi connectivity index (χ2v) is 6.04. The first kappa shape index (κ1) is 16.3. The normalized spacial score (nSPS) is 12.0. The van der Waals surface area contributed by atoms with Crippen molar-refractivity contribution >= 4 is 27.7 Å². The molecule has 0 spiro atoms. The van der Waals surface area contributed by atoms with Gasteiger partial charge in [-0.15, -0.1) is 5.10 Å². The van der Waals surface area contributed by atoms with Crippen LogP contribution in [0.4, 0.5) is 5.82 Å². The first-order chi connectivity index (χ1) is 11.5. The molecule has 3 rings (SSSR count). The van der Waals surface area contributed by atoms with Gasteiger partial charge in [0.1, 0.15) is 0 Å². The first-order valence-corrected chi connectivity index (χ1v) is 8.10. The third-order valence-corrected chi connectivity index (χ3v) is 3.83. The largest absolute Gasteiger partial charge is 0.463 e. The highest BCUT2D eigenvalue weighted by atomic mass is 79.9. The second kappa shape index (κ2) is 6.88. The lowest BCUT2D eigenvalue weighted by Gasteiger charge is -2.12. The van der Waals surface area contributed by atoms with Crippen molar-refractivity contribution in [3.63, 3.8) is 0 Å². The Kier molecular flexibility index (Phi) is 4.66. The lowest BCUT2D eigenvalue weighted by Crippen LogP contribution is -2.30. The van der Waals surface area contributed by atoms with E-state index in [0.29, 0.717) is 16.2 Å². The van der Waals surface area contributed by atoms with Crippen LogP contribution in [-0.2, 0) is 11.8 Å². The van der Waals surface area contributed by atoms with Gasteiger partial charge in [0.2, 0.25) is 5.88 Å². The predicted octanol–water partition coefficient (Wildman–Crippen LogP) is 2.77. The van der Waals surface area contributed by atoms with Gasteiger partial charge in [0, 0.05) is 25.5 Å². The number of anilines is 1. The van der Waals surface area contributed by atoms with E-state index in [2.05, 4.69) is 31.4 Å². The van der Waals surface area contributed by atoms with Gasteiger partial charge in [-0.25, -0.2) is 4.68 Å². The van der Waals surface area contributed by atoms with Gasteiger partial charge in [0.15, 0.2) is 11.9 Å². The smallest absolute Gasteiger partial charge is 0.266 e. The summed E-state index contributed by atoms with van der Waals surface area (Å²) in [5, 5.41) is 11.2. The highest BCUT2D eigenvalue weighted by Crippen LogP contribution is 2.25. The van der Waals surface area contributed by atoms with Gasteiger partial charge >= 0.3 is 0 Å². The number of halogens is 1. The molecule has 0 radical (unpaired) electrons. The van der Waals surface area contributed by atoms with E-state index in [1.165, 1.54) is 0 Å². The van der Waals surface area contributed by atoms with E-state index in [4.69, 9.17) is 4.74 Å². The first-order valence-electron chi connectivity index (χ1n) is 7.30. The molecule has 2 heterocycles. The molecule has 2 aromatic heterocycles. The van der Waals surface area contributed by atoms with Crippen molar-refractivity contribution in [3.05, 3.63) is 53.3 Å². The van der Waals surface area contributed by atoms with E-state index in [9.17, 15) is 4.79 Å². The fourth-order valence-corrected chi connectivity index (χ4v) is 2.43. The Bertz CT molecular complexity index is 843. The Morgan fingerprint density at radius 2 is 2.00 bits per heavy atom. The number of nitrogens with one attached hydrogen (secondary N) is 1. The molecule has 3 aromatic rings.